The molecule has 0 fully saturated rings. The van der Waals surface area contributed by atoms with E-state index in [4.69, 9.17) is 0 Å². The van der Waals surface area contributed by atoms with E-state index < -0.39 is 10.8 Å². The molecular weight excluding hydrogens is 793 g/mol. The van der Waals surface area contributed by atoms with Crippen LogP contribution in [0.5, 0.6) is 0 Å². The first-order valence-electron chi connectivity index (χ1n) is 23.3. The Balaban J connectivity index is 1.21. The Hall–Kier alpha value is -8.32. The minimum atomic E-state index is -0.651. The molecule has 0 unspecified atom stereocenters. The van der Waals surface area contributed by atoms with Crippen LogP contribution in [-0.4, -0.2) is 0 Å². The van der Waals surface area contributed by atoms with Gasteiger partial charge in [0, 0.05) is 0 Å². The van der Waals surface area contributed by atoms with Gasteiger partial charge in [-0.1, -0.05) is 224 Å². The number of benzene rings is 13. The largest absolute Gasteiger partial charge is 0.0720 e. The van der Waals surface area contributed by atoms with Crippen molar-refractivity contribution in [1.82, 2.24) is 0 Å². The van der Waals surface area contributed by atoms with Crippen molar-refractivity contribution in [2.24, 2.45) is 0 Å². The highest BCUT2D eigenvalue weighted by Gasteiger charge is 2.53. The van der Waals surface area contributed by atoms with E-state index in [0.717, 1.165) is 0 Å². The summed E-state index contributed by atoms with van der Waals surface area (Å²) in [6.07, 6.45) is 0. The van der Waals surface area contributed by atoms with Crippen molar-refractivity contribution < 1.29 is 0 Å². The average molecular weight is 833 g/mol. The van der Waals surface area contributed by atoms with Gasteiger partial charge in [0.2, 0.25) is 0 Å². The molecule has 0 heteroatoms. The van der Waals surface area contributed by atoms with Gasteiger partial charge in [0.05, 0.1) is 10.8 Å². The summed E-state index contributed by atoms with van der Waals surface area (Å²) in [5.41, 5.74) is 14.4. The minimum absolute atomic E-state index is 0.611. The van der Waals surface area contributed by atoms with E-state index in [1.54, 1.807) is 0 Å². The summed E-state index contributed by atoms with van der Waals surface area (Å²) in [5, 5.41) is 15.6. The quantitative estimate of drug-likeness (QED) is 0.155. The summed E-state index contributed by atoms with van der Waals surface area (Å²) in [4.78, 5) is 0. The van der Waals surface area contributed by atoms with Gasteiger partial charge in [-0.2, -0.15) is 0 Å². The molecule has 0 saturated heterocycles. The number of hydrogen-bond acceptors (Lipinski definition) is 0. The zero-order valence-electron chi connectivity index (χ0n) is 36.1. The van der Waals surface area contributed by atoms with Gasteiger partial charge in [0.1, 0.15) is 0 Å². The third-order valence-corrected chi connectivity index (χ3v) is 15.7. The first-order valence-corrected chi connectivity index (χ1v) is 23.3. The van der Waals surface area contributed by atoms with Crippen molar-refractivity contribution in [2.75, 3.05) is 0 Å². The monoisotopic (exact) mass is 832 g/mol. The highest BCUT2D eigenvalue weighted by molar-refractivity contribution is 6.29. The van der Waals surface area contributed by atoms with E-state index in [2.05, 4.69) is 243 Å². The lowest BCUT2D eigenvalue weighted by Crippen LogP contribution is -2.30. The van der Waals surface area contributed by atoms with E-state index in [-0.39, 0.29) is 0 Å². The van der Waals surface area contributed by atoms with E-state index in [0.29, 0.717) is 0 Å². The highest BCUT2D eigenvalue weighted by Crippen LogP contribution is 2.66. The van der Waals surface area contributed by atoms with Gasteiger partial charge in [-0.05, 0) is 150 Å². The molecule has 15 rings (SSSR count). The van der Waals surface area contributed by atoms with Crippen molar-refractivity contribution in [3.63, 3.8) is 0 Å². The fraction of sp³-hybridized carbons (Fsp3) is 0.0303. The summed E-state index contributed by atoms with van der Waals surface area (Å²) in [5.74, 6) is 0. The Morgan fingerprint density at radius 2 is 0.682 bits per heavy atom. The van der Waals surface area contributed by atoms with Crippen molar-refractivity contribution >= 4 is 64.6 Å². The number of fused-ring (bicyclic) bond motifs is 14. The van der Waals surface area contributed by atoms with Gasteiger partial charge in [0.25, 0.3) is 0 Å². The minimum Gasteiger partial charge on any atom is -0.0622 e. The molecule has 13 aromatic rings. The second-order valence-electron chi connectivity index (χ2n) is 18.6. The molecule has 0 aromatic heterocycles. The lowest BCUT2D eigenvalue weighted by molar-refractivity contribution is 0.762. The SMILES string of the molecule is c1ccc(C2(c3ccccc3)c3cc4c(cc3-c3c2cc2ccc5cccc6ccc3c2c56)C(c2ccccc2)(c2ccccc2)c2c-4c3ccccc3c3c2ccc2ccccc23)cc1. The summed E-state index contributed by atoms with van der Waals surface area (Å²) in [6, 6.07) is 92.5. The Morgan fingerprint density at radius 1 is 0.227 bits per heavy atom. The molecule has 2 aliphatic rings. The maximum Gasteiger partial charge on any atom is 0.0720 e. The van der Waals surface area contributed by atoms with Gasteiger partial charge in [-0.3, -0.25) is 0 Å². The van der Waals surface area contributed by atoms with Crippen LogP contribution in [0.3, 0.4) is 0 Å². The van der Waals surface area contributed by atoms with Crippen LogP contribution in [0.4, 0.5) is 0 Å². The van der Waals surface area contributed by atoms with Gasteiger partial charge in [0.15, 0.2) is 0 Å². The second kappa shape index (κ2) is 13.1. The molecule has 2 aliphatic carbocycles. The molecule has 0 saturated carbocycles. The molecule has 304 valence electrons. The van der Waals surface area contributed by atoms with Crippen molar-refractivity contribution in [3.05, 3.63) is 287 Å². The van der Waals surface area contributed by atoms with E-state index in [1.807, 2.05) is 0 Å². The van der Waals surface area contributed by atoms with Gasteiger partial charge >= 0.3 is 0 Å². The van der Waals surface area contributed by atoms with Crippen LogP contribution in [0.1, 0.15) is 44.5 Å². The maximum absolute atomic E-state index is 2.66. The number of hydrogen-bond donors (Lipinski definition) is 0. The molecule has 0 radical (unpaired) electrons. The van der Waals surface area contributed by atoms with Crippen LogP contribution >= 0.6 is 0 Å². The van der Waals surface area contributed by atoms with Crippen molar-refractivity contribution in [3.8, 4) is 22.3 Å². The first kappa shape index (κ1) is 36.1. The molecular formula is C66H40. The van der Waals surface area contributed by atoms with Crippen LogP contribution in [-0.2, 0) is 10.8 Å². The van der Waals surface area contributed by atoms with Crippen LogP contribution in [0.2, 0.25) is 0 Å². The molecule has 0 spiro atoms. The van der Waals surface area contributed by atoms with Crippen molar-refractivity contribution in [2.45, 2.75) is 10.8 Å². The second-order valence-corrected chi connectivity index (χ2v) is 18.6. The van der Waals surface area contributed by atoms with E-state index in [1.165, 1.54) is 131 Å². The molecule has 0 N–H and O–H groups in total. The molecule has 0 atom stereocenters. The third-order valence-electron chi connectivity index (χ3n) is 15.7. The van der Waals surface area contributed by atoms with Crippen LogP contribution < -0.4 is 0 Å². The Labute approximate surface area is 383 Å². The highest BCUT2D eigenvalue weighted by atomic mass is 14.5. The zero-order chi connectivity index (χ0) is 43.1. The van der Waals surface area contributed by atoms with Gasteiger partial charge in [-0.25, -0.2) is 0 Å². The standard InChI is InChI=1S/C66H40/c1-5-21-45(22-6-1)65(46-23-7-2-8-24-46)56-40-55-57(39-54(56)62-52-36-35-43-20-17-19-42-32-33-44(38-58(62)65)60(52)59(42)43)66(47-25-9-3-10-26-47,48-27-11-4-12-28-48)64-53-37-34-41-18-13-14-29-49(41)61(53)50-30-15-16-31-51(50)63(55)64/h1-40H. The normalized spacial score (nSPS) is 14.3. The van der Waals surface area contributed by atoms with Crippen LogP contribution in [0.15, 0.2) is 243 Å². The van der Waals surface area contributed by atoms with Gasteiger partial charge in [-0.15, -0.1) is 0 Å². The predicted molar refractivity (Wildman–Crippen MR) is 277 cm³/mol. The molecule has 0 bridgehead atoms. The first-order chi connectivity index (χ1) is 32.8. The Morgan fingerprint density at radius 3 is 1.32 bits per heavy atom. The smallest absolute Gasteiger partial charge is 0.0622 e. The Bertz CT molecular complexity index is 4030. The lowest BCUT2D eigenvalue weighted by atomic mass is 9.65. The zero-order valence-corrected chi connectivity index (χ0v) is 36.1. The number of rotatable bonds is 4. The van der Waals surface area contributed by atoms with Gasteiger partial charge < -0.3 is 0 Å². The molecule has 0 amide bonds. The predicted octanol–water partition coefficient (Wildman–Crippen LogP) is 16.8. The Kier molecular flexibility index (Phi) is 7.18. The summed E-state index contributed by atoms with van der Waals surface area (Å²) < 4.78 is 0. The molecule has 0 nitrogen and oxygen atoms in total. The molecule has 66 heavy (non-hydrogen) atoms. The lowest BCUT2D eigenvalue weighted by Gasteiger charge is -2.36. The summed E-state index contributed by atoms with van der Waals surface area (Å²) in [6.45, 7) is 0. The molecule has 0 heterocycles. The average Bonchev–Trinajstić information content (AvgIpc) is 3.86. The van der Waals surface area contributed by atoms with E-state index in [9.17, 15) is 0 Å². The summed E-state index contributed by atoms with van der Waals surface area (Å²) >= 11 is 0. The van der Waals surface area contributed by atoms with Crippen LogP contribution in [0.25, 0.3) is 86.9 Å². The van der Waals surface area contributed by atoms with Crippen molar-refractivity contribution in [1.29, 1.82) is 0 Å². The molecule has 13 aromatic carbocycles. The molecule has 0 aliphatic heterocycles. The maximum atomic E-state index is 2.66. The van der Waals surface area contributed by atoms with Crippen LogP contribution in [0, 0.1) is 0 Å². The fourth-order valence-corrected chi connectivity index (χ4v) is 13.2. The third kappa shape index (κ3) is 4.39. The summed E-state index contributed by atoms with van der Waals surface area (Å²) in [7, 11) is 0. The van der Waals surface area contributed by atoms with E-state index >= 15 is 0 Å². The fourth-order valence-electron chi connectivity index (χ4n) is 13.2. The topological polar surface area (TPSA) is 0 Å².